The fourth-order valence-corrected chi connectivity index (χ4v) is 4.40. The first-order chi connectivity index (χ1) is 13.0. The van der Waals surface area contributed by atoms with Crippen molar-refractivity contribution in [2.45, 2.75) is 57.7 Å². The van der Waals surface area contributed by atoms with E-state index in [1.807, 2.05) is 0 Å². The quantitative estimate of drug-likeness (QED) is 0.762. The van der Waals surface area contributed by atoms with Gasteiger partial charge >= 0.3 is 5.69 Å². The van der Waals surface area contributed by atoms with E-state index in [1.54, 1.807) is 20.3 Å². The van der Waals surface area contributed by atoms with Crippen molar-refractivity contribution in [3.63, 3.8) is 0 Å². The van der Waals surface area contributed by atoms with E-state index in [0.29, 0.717) is 36.8 Å². The molecule has 2 fully saturated rings. The van der Waals surface area contributed by atoms with Crippen LogP contribution in [-0.2, 0) is 25.4 Å². The van der Waals surface area contributed by atoms with Crippen molar-refractivity contribution in [1.82, 2.24) is 19.4 Å². The molecule has 7 nitrogen and oxygen atoms in total. The lowest BCUT2D eigenvalue weighted by molar-refractivity contribution is -0.0182. The molecule has 2 aliphatic rings. The minimum absolute atomic E-state index is 0.198. The van der Waals surface area contributed by atoms with Gasteiger partial charge in [-0.1, -0.05) is 19.8 Å². The molecule has 3 atom stereocenters. The van der Waals surface area contributed by atoms with Gasteiger partial charge in [-0.2, -0.15) is 0 Å². The Hall–Kier alpha value is -1.44. The molecule has 1 N–H and O–H groups in total. The number of nitrogens with zero attached hydrogens (tertiary/aromatic N) is 3. The van der Waals surface area contributed by atoms with E-state index >= 15 is 0 Å². The van der Waals surface area contributed by atoms with Gasteiger partial charge in [-0.25, -0.2) is 4.79 Å². The predicted octanol–water partition coefficient (Wildman–Crippen LogP) is 0.843. The predicted molar refractivity (Wildman–Crippen MR) is 106 cm³/mol. The maximum Gasteiger partial charge on any atom is 0.330 e. The zero-order valence-corrected chi connectivity index (χ0v) is 16.9. The smallest absolute Gasteiger partial charge is 0.330 e. The van der Waals surface area contributed by atoms with Crippen LogP contribution in [0, 0.1) is 5.92 Å². The zero-order chi connectivity index (χ0) is 19.4. The van der Waals surface area contributed by atoms with E-state index in [-0.39, 0.29) is 11.2 Å². The minimum Gasteiger partial charge on any atom is -0.377 e. The third-order valence-electron chi connectivity index (χ3n) is 6.18. The third kappa shape index (κ3) is 4.89. The summed E-state index contributed by atoms with van der Waals surface area (Å²) in [5, 5.41) is 3.41. The van der Waals surface area contributed by atoms with Gasteiger partial charge in [0.2, 0.25) is 0 Å². The van der Waals surface area contributed by atoms with Crippen LogP contribution in [0.3, 0.4) is 0 Å². The Morgan fingerprint density at radius 2 is 2.00 bits per heavy atom. The van der Waals surface area contributed by atoms with Crippen molar-refractivity contribution < 1.29 is 4.74 Å². The zero-order valence-electron chi connectivity index (χ0n) is 16.9. The van der Waals surface area contributed by atoms with Crippen molar-refractivity contribution in [2.75, 3.05) is 26.2 Å². The van der Waals surface area contributed by atoms with Crippen LogP contribution in [-0.4, -0.2) is 52.4 Å². The molecule has 1 saturated carbocycles. The van der Waals surface area contributed by atoms with Crippen LogP contribution in [0.4, 0.5) is 0 Å². The van der Waals surface area contributed by atoms with Crippen LogP contribution in [0.5, 0.6) is 0 Å². The Bertz CT molecular complexity index is 736. The van der Waals surface area contributed by atoms with Gasteiger partial charge in [0.15, 0.2) is 0 Å². The van der Waals surface area contributed by atoms with Crippen LogP contribution in [0.25, 0.3) is 0 Å². The highest BCUT2D eigenvalue weighted by atomic mass is 16.5. The molecular formula is C20H34N4O3. The lowest BCUT2D eigenvalue weighted by Crippen LogP contribution is -2.44. The Labute approximate surface area is 161 Å². The number of hydrogen-bond donors (Lipinski definition) is 1. The number of ether oxygens (including phenoxy) is 1. The first-order valence-electron chi connectivity index (χ1n) is 10.3. The fourth-order valence-electron chi connectivity index (χ4n) is 4.40. The summed E-state index contributed by atoms with van der Waals surface area (Å²) >= 11 is 0. The summed E-state index contributed by atoms with van der Waals surface area (Å²) in [6, 6.07) is 0.402. The largest absolute Gasteiger partial charge is 0.377 e. The number of nitrogens with one attached hydrogen (secondary N) is 1. The average molecular weight is 379 g/mol. The molecule has 0 radical (unpaired) electrons. The van der Waals surface area contributed by atoms with Crippen LogP contribution in [0.2, 0.25) is 0 Å². The number of rotatable bonds is 7. The summed E-state index contributed by atoms with van der Waals surface area (Å²) in [4.78, 5) is 26.8. The van der Waals surface area contributed by atoms with Gasteiger partial charge in [-0.15, -0.1) is 0 Å². The first-order valence-corrected chi connectivity index (χ1v) is 10.3. The van der Waals surface area contributed by atoms with Gasteiger partial charge in [0.05, 0.1) is 12.7 Å². The van der Waals surface area contributed by atoms with Gasteiger partial charge < -0.3 is 14.6 Å². The first kappa shape index (κ1) is 20.3. The molecule has 0 unspecified atom stereocenters. The second-order valence-corrected chi connectivity index (χ2v) is 8.20. The number of hydrogen-bond acceptors (Lipinski definition) is 5. The van der Waals surface area contributed by atoms with Gasteiger partial charge in [-0.3, -0.25) is 14.3 Å². The Morgan fingerprint density at radius 1 is 1.22 bits per heavy atom. The maximum atomic E-state index is 12.5. The van der Waals surface area contributed by atoms with E-state index in [4.69, 9.17) is 4.74 Å². The topological polar surface area (TPSA) is 68.5 Å². The molecule has 1 aliphatic heterocycles. The van der Waals surface area contributed by atoms with E-state index < -0.39 is 0 Å². The molecule has 1 saturated heterocycles. The third-order valence-corrected chi connectivity index (χ3v) is 6.18. The van der Waals surface area contributed by atoms with Gasteiger partial charge in [-0.05, 0) is 31.7 Å². The highest BCUT2D eigenvalue weighted by Crippen LogP contribution is 2.26. The van der Waals surface area contributed by atoms with Crippen molar-refractivity contribution in [3.8, 4) is 0 Å². The van der Waals surface area contributed by atoms with E-state index in [1.165, 1.54) is 28.4 Å². The molecule has 1 aliphatic carbocycles. The SMILES string of the molecule is C[C@@H]1CCCC[C@H]1OCCN(Cc1cn(C)c(=O)n(C)c1=O)[C@H]1CCNC1. The fraction of sp³-hybridized carbons (Fsp3) is 0.800. The summed E-state index contributed by atoms with van der Waals surface area (Å²) < 4.78 is 8.90. The molecule has 0 aromatic carbocycles. The molecule has 152 valence electrons. The van der Waals surface area contributed by atoms with Crippen LogP contribution < -0.4 is 16.6 Å². The maximum absolute atomic E-state index is 12.5. The molecule has 0 spiro atoms. The van der Waals surface area contributed by atoms with Crippen LogP contribution >= 0.6 is 0 Å². The number of aryl methyl sites for hydroxylation is 1. The van der Waals surface area contributed by atoms with E-state index in [2.05, 4.69) is 17.1 Å². The summed E-state index contributed by atoms with van der Waals surface area (Å²) in [5.74, 6) is 0.635. The molecule has 0 amide bonds. The molecule has 7 heteroatoms. The van der Waals surface area contributed by atoms with Crippen molar-refractivity contribution in [1.29, 1.82) is 0 Å². The Balaban J connectivity index is 1.67. The Morgan fingerprint density at radius 3 is 2.70 bits per heavy atom. The lowest BCUT2D eigenvalue weighted by Gasteiger charge is -2.32. The summed E-state index contributed by atoms with van der Waals surface area (Å²) in [7, 11) is 3.24. The lowest BCUT2D eigenvalue weighted by atomic mass is 9.88. The molecule has 1 aromatic heterocycles. The summed E-state index contributed by atoms with van der Waals surface area (Å²) in [6.45, 7) is 6.28. The summed E-state index contributed by atoms with van der Waals surface area (Å²) in [6.07, 6.45) is 8.13. The highest BCUT2D eigenvalue weighted by molar-refractivity contribution is 5.06. The van der Waals surface area contributed by atoms with Gasteiger partial charge in [0.1, 0.15) is 0 Å². The average Bonchev–Trinajstić information content (AvgIpc) is 3.19. The summed E-state index contributed by atoms with van der Waals surface area (Å²) in [5.41, 5.74) is 0.181. The van der Waals surface area contributed by atoms with Crippen LogP contribution in [0.15, 0.2) is 15.8 Å². The molecule has 1 aromatic rings. The Kier molecular flexibility index (Phi) is 6.89. The van der Waals surface area contributed by atoms with Crippen LogP contribution in [0.1, 0.15) is 44.6 Å². The van der Waals surface area contributed by atoms with Crippen molar-refractivity contribution >= 4 is 0 Å². The standard InChI is InChI=1S/C20H34N4O3/c1-15-6-4-5-7-18(15)27-11-10-24(17-8-9-21-12-17)14-16-13-22(2)20(26)23(3)19(16)25/h13,15,17-18,21H,4-12,14H2,1-3H3/t15-,17+,18-/m1/s1. The minimum atomic E-state index is -0.285. The second kappa shape index (κ2) is 9.17. The van der Waals surface area contributed by atoms with Crippen molar-refractivity contribution in [2.24, 2.45) is 20.0 Å². The van der Waals surface area contributed by atoms with Gasteiger partial charge in [0, 0.05) is 51.5 Å². The monoisotopic (exact) mass is 378 g/mol. The van der Waals surface area contributed by atoms with Gasteiger partial charge in [0.25, 0.3) is 5.56 Å². The molecule has 0 bridgehead atoms. The molecule has 3 rings (SSSR count). The second-order valence-electron chi connectivity index (χ2n) is 8.20. The number of aromatic nitrogens is 2. The van der Waals surface area contributed by atoms with Crippen molar-refractivity contribution in [3.05, 3.63) is 32.6 Å². The normalized spacial score (nSPS) is 26.0. The van der Waals surface area contributed by atoms with E-state index in [9.17, 15) is 9.59 Å². The highest BCUT2D eigenvalue weighted by Gasteiger charge is 2.25. The molecule has 27 heavy (non-hydrogen) atoms. The van der Waals surface area contributed by atoms with E-state index in [0.717, 1.165) is 32.5 Å². The molecule has 2 heterocycles. The molecular weight excluding hydrogens is 344 g/mol.